The van der Waals surface area contributed by atoms with E-state index in [1.165, 1.54) is 18.2 Å². The van der Waals surface area contributed by atoms with Crippen molar-refractivity contribution in [2.75, 3.05) is 6.54 Å². The van der Waals surface area contributed by atoms with Gasteiger partial charge < -0.3 is 5.32 Å². The highest BCUT2D eigenvalue weighted by Gasteiger charge is 2.35. The van der Waals surface area contributed by atoms with Crippen LogP contribution in [0.15, 0.2) is 49.1 Å². The molecule has 0 fully saturated rings. The van der Waals surface area contributed by atoms with Gasteiger partial charge in [0.05, 0.1) is 5.69 Å². The van der Waals surface area contributed by atoms with E-state index in [4.69, 9.17) is 0 Å². The summed E-state index contributed by atoms with van der Waals surface area (Å²) >= 11 is 0. The summed E-state index contributed by atoms with van der Waals surface area (Å²) in [6, 6.07) is 6.85. The lowest BCUT2D eigenvalue weighted by molar-refractivity contribution is -0.142. The molecule has 9 heteroatoms. The summed E-state index contributed by atoms with van der Waals surface area (Å²) in [6.45, 7) is 3.58. The fourth-order valence-electron chi connectivity index (χ4n) is 2.31. The van der Waals surface area contributed by atoms with E-state index in [-0.39, 0.29) is 23.6 Å². The SMILES string of the molecule is C=CCNC(=O)c1cc2nc(-c3ccc(F)cc3)cc(C(F)(F)F)n2n1. The third-order valence-corrected chi connectivity index (χ3v) is 3.50. The Bertz CT molecular complexity index is 977. The molecule has 1 aromatic carbocycles. The summed E-state index contributed by atoms with van der Waals surface area (Å²) in [5.41, 5.74) is -1.16. The second-order valence-corrected chi connectivity index (χ2v) is 5.33. The number of alkyl halides is 3. The summed E-state index contributed by atoms with van der Waals surface area (Å²) in [6.07, 6.45) is -3.30. The maximum atomic E-state index is 13.4. The number of hydrogen-bond donors (Lipinski definition) is 1. The first-order valence-corrected chi connectivity index (χ1v) is 7.42. The molecule has 0 bridgehead atoms. The van der Waals surface area contributed by atoms with Crippen molar-refractivity contribution in [1.82, 2.24) is 19.9 Å². The molecule has 0 aliphatic heterocycles. The van der Waals surface area contributed by atoms with Crippen LogP contribution in [0.2, 0.25) is 0 Å². The van der Waals surface area contributed by atoms with Crippen molar-refractivity contribution >= 4 is 11.6 Å². The van der Waals surface area contributed by atoms with Gasteiger partial charge >= 0.3 is 6.18 Å². The molecule has 2 heterocycles. The number of halogens is 4. The van der Waals surface area contributed by atoms with E-state index in [2.05, 4.69) is 22.0 Å². The maximum Gasteiger partial charge on any atom is 0.433 e. The highest BCUT2D eigenvalue weighted by atomic mass is 19.4. The summed E-state index contributed by atoms with van der Waals surface area (Å²) in [5.74, 6) is -1.16. The quantitative estimate of drug-likeness (QED) is 0.570. The lowest BCUT2D eigenvalue weighted by Crippen LogP contribution is -2.23. The highest BCUT2D eigenvalue weighted by molar-refractivity contribution is 5.93. The van der Waals surface area contributed by atoms with Crippen molar-refractivity contribution in [3.63, 3.8) is 0 Å². The lowest BCUT2D eigenvalue weighted by Gasteiger charge is -2.11. The van der Waals surface area contributed by atoms with Crippen LogP contribution in [0.4, 0.5) is 17.6 Å². The topological polar surface area (TPSA) is 59.3 Å². The van der Waals surface area contributed by atoms with Gasteiger partial charge in [-0.15, -0.1) is 6.58 Å². The zero-order chi connectivity index (χ0) is 18.9. The van der Waals surface area contributed by atoms with Crippen molar-refractivity contribution in [2.24, 2.45) is 0 Å². The third-order valence-electron chi connectivity index (χ3n) is 3.50. The Morgan fingerprint density at radius 2 is 1.92 bits per heavy atom. The van der Waals surface area contributed by atoms with Crippen molar-refractivity contribution in [1.29, 1.82) is 0 Å². The van der Waals surface area contributed by atoms with Gasteiger partial charge in [0.15, 0.2) is 17.0 Å². The van der Waals surface area contributed by atoms with Gasteiger partial charge in [-0.05, 0) is 30.3 Å². The average Bonchev–Trinajstić information content (AvgIpc) is 3.02. The molecule has 3 rings (SSSR count). The number of aromatic nitrogens is 3. The summed E-state index contributed by atoms with van der Waals surface area (Å²) in [4.78, 5) is 16.1. The Morgan fingerprint density at radius 3 is 2.54 bits per heavy atom. The Hall–Kier alpha value is -3.23. The number of nitrogens with zero attached hydrogens (tertiary/aromatic N) is 3. The van der Waals surface area contributed by atoms with Crippen LogP contribution < -0.4 is 5.32 Å². The van der Waals surface area contributed by atoms with Crippen LogP contribution in [0.1, 0.15) is 16.2 Å². The molecule has 0 aliphatic carbocycles. The van der Waals surface area contributed by atoms with Gasteiger partial charge in [0.25, 0.3) is 5.91 Å². The number of carbonyl (C=O) groups is 1. The van der Waals surface area contributed by atoms with Crippen molar-refractivity contribution in [3.8, 4) is 11.3 Å². The van der Waals surface area contributed by atoms with Crippen LogP contribution in [0.3, 0.4) is 0 Å². The standard InChI is InChI=1S/C17H12F4N4O/c1-2-7-22-16(26)13-9-15-23-12(10-3-5-11(18)6-4-10)8-14(17(19,20)21)25(15)24-13/h2-6,8-9H,1,7H2,(H,22,26). The van der Waals surface area contributed by atoms with Gasteiger partial charge in [-0.3, -0.25) is 4.79 Å². The normalized spacial score (nSPS) is 11.5. The Labute approximate surface area is 145 Å². The molecule has 0 saturated heterocycles. The number of benzene rings is 1. The van der Waals surface area contributed by atoms with Gasteiger partial charge in [-0.25, -0.2) is 13.9 Å². The van der Waals surface area contributed by atoms with Crippen LogP contribution in [-0.2, 0) is 6.18 Å². The molecule has 0 radical (unpaired) electrons. The summed E-state index contributed by atoms with van der Waals surface area (Å²) < 4.78 is 53.9. The molecule has 2 aromatic heterocycles. The first kappa shape index (κ1) is 17.6. The number of fused-ring (bicyclic) bond motifs is 1. The Kier molecular flexibility index (Phi) is 4.45. The van der Waals surface area contributed by atoms with E-state index >= 15 is 0 Å². The molecule has 0 saturated carbocycles. The fourth-order valence-corrected chi connectivity index (χ4v) is 2.31. The van der Waals surface area contributed by atoms with Crippen LogP contribution in [0.5, 0.6) is 0 Å². The van der Waals surface area contributed by atoms with Gasteiger partial charge in [0, 0.05) is 18.2 Å². The van der Waals surface area contributed by atoms with Crippen molar-refractivity contribution in [3.05, 3.63) is 66.3 Å². The van der Waals surface area contributed by atoms with E-state index < -0.39 is 23.6 Å². The molecular weight excluding hydrogens is 352 g/mol. The highest BCUT2D eigenvalue weighted by Crippen LogP contribution is 2.32. The molecule has 0 atom stereocenters. The average molecular weight is 364 g/mol. The molecule has 3 aromatic rings. The van der Waals surface area contributed by atoms with Crippen LogP contribution in [-0.4, -0.2) is 27.0 Å². The molecule has 26 heavy (non-hydrogen) atoms. The third kappa shape index (κ3) is 3.41. The number of rotatable bonds is 4. The number of hydrogen-bond acceptors (Lipinski definition) is 3. The number of carbonyl (C=O) groups excluding carboxylic acids is 1. The van der Waals surface area contributed by atoms with Crippen molar-refractivity contribution in [2.45, 2.75) is 6.18 Å². The molecule has 0 spiro atoms. The zero-order valence-electron chi connectivity index (χ0n) is 13.2. The Balaban J connectivity index is 2.16. The van der Waals surface area contributed by atoms with Gasteiger partial charge in [0.1, 0.15) is 5.82 Å². The minimum absolute atomic E-state index is 0.0113. The zero-order valence-corrected chi connectivity index (χ0v) is 13.2. The molecule has 5 nitrogen and oxygen atoms in total. The van der Waals surface area contributed by atoms with E-state index in [0.29, 0.717) is 10.1 Å². The van der Waals surface area contributed by atoms with Gasteiger partial charge in [-0.1, -0.05) is 6.08 Å². The van der Waals surface area contributed by atoms with Crippen LogP contribution >= 0.6 is 0 Å². The smallest absolute Gasteiger partial charge is 0.347 e. The maximum absolute atomic E-state index is 13.4. The molecular formula is C17H12F4N4O. The predicted molar refractivity (Wildman–Crippen MR) is 85.9 cm³/mol. The fraction of sp³-hybridized carbons (Fsp3) is 0.118. The number of nitrogens with one attached hydrogen (secondary N) is 1. The first-order valence-electron chi connectivity index (χ1n) is 7.42. The molecule has 0 aliphatic rings. The van der Waals surface area contributed by atoms with Gasteiger partial charge in [-0.2, -0.15) is 18.3 Å². The first-order chi connectivity index (χ1) is 12.3. The van der Waals surface area contributed by atoms with Crippen LogP contribution in [0.25, 0.3) is 16.9 Å². The minimum Gasteiger partial charge on any atom is -0.347 e. The largest absolute Gasteiger partial charge is 0.433 e. The molecule has 1 amide bonds. The molecule has 0 unspecified atom stereocenters. The van der Waals surface area contributed by atoms with Crippen molar-refractivity contribution < 1.29 is 22.4 Å². The van der Waals surface area contributed by atoms with E-state index in [1.54, 1.807) is 0 Å². The Morgan fingerprint density at radius 1 is 1.23 bits per heavy atom. The van der Waals surface area contributed by atoms with Crippen LogP contribution in [0, 0.1) is 5.82 Å². The van der Waals surface area contributed by atoms with E-state index in [0.717, 1.165) is 24.3 Å². The lowest BCUT2D eigenvalue weighted by atomic mass is 10.1. The molecule has 134 valence electrons. The monoisotopic (exact) mass is 364 g/mol. The van der Waals surface area contributed by atoms with Gasteiger partial charge in [0.2, 0.25) is 0 Å². The molecule has 1 N–H and O–H groups in total. The number of amides is 1. The minimum atomic E-state index is -4.73. The van der Waals surface area contributed by atoms with E-state index in [9.17, 15) is 22.4 Å². The second-order valence-electron chi connectivity index (χ2n) is 5.33. The summed E-state index contributed by atoms with van der Waals surface area (Å²) in [7, 11) is 0. The van der Waals surface area contributed by atoms with E-state index in [1.807, 2.05) is 0 Å². The second kappa shape index (κ2) is 6.58. The predicted octanol–water partition coefficient (Wildman–Crippen LogP) is 3.47. The summed E-state index contributed by atoms with van der Waals surface area (Å²) in [5, 5.41) is 6.15.